The number of rotatable bonds is 4. The Kier molecular flexibility index (Phi) is 3.85. The van der Waals surface area contributed by atoms with Gasteiger partial charge in [-0.1, -0.05) is 6.07 Å². The number of hydrogen-bond donors (Lipinski definition) is 1. The van der Waals surface area contributed by atoms with E-state index in [0.29, 0.717) is 5.69 Å². The van der Waals surface area contributed by atoms with Crippen molar-refractivity contribution in [1.82, 2.24) is 19.7 Å². The van der Waals surface area contributed by atoms with Crippen LogP contribution in [-0.4, -0.2) is 23.4 Å². The van der Waals surface area contributed by atoms with Crippen LogP contribution in [0.3, 0.4) is 0 Å². The van der Waals surface area contributed by atoms with E-state index in [2.05, 4.69) is 19.7 Å². The quantitative estimate of drug-likeness (QED) is 0.847. The Labute approximate surface area is 109 Å². The molecule has 0 amide bonds. The Morgan fingerprint density at radius 2 is 1.89 bits per heavy atom. The van der Waals surface area contributed by atoms with Crippen LogP contribution in [0.25, 0.3) is 0 Å². The van der Waals surface area contributed by atoms with Crippen molar-refractivity contribution in [3.05, 3.63) is 47.8 Å². The highest BCUT2D eigenvalue weighted by Gasteiger charge is 2.14. The van der Waals surface area contributed by atoms with E-state index in [1.165, 1.54) is 0 Å². The third kappa shape index (κ3) is 3.22. The lowest BCUT2D eigenvalue weighted by molar-refractivity contribution is 0.579. The van der Waals surface area contributed by atoms with E-state index >= 15 is 0 Å². The second kappa shape index (κ2) is 5.38. The van der Waals surface area contributed by atoms with Crippen molar-refractivity contribution < 1.29 is 8.42 Å². The molecule has 0 spiro atoms. The zero-order valence-corrected chi connectivity index (χ0v) is 10.7. The molecule has 1 N–H and O–H groups in total. The summed E-state index contributed by atoms with van der Waals surface area (Å²) in [6.45, 7) is 0.103. The van der Waals surface area contributed by atoms with Gasteiger partial charge in [0.25, 0.3) is 0 Å². The number of pyridine rings is 1. The lowest BCUT2D eigenvalue weighted by Crippen LogP contribution is -2.24. The van der Waals surface area contributed by atoms with Crippen molar-refractivity contribution >= 4 is 21.6 Å². The van der Waals surface area contributed by atoms with Gasteiger partial charge < -0.3 is 0 Å². The van der Waals surface area contributed by atoms with E-state index in [-0.39, 0.29) is 16.7 Å². The summed E-state index contributed by atoms with van der Waals surface area (Å²) in [5.74, 6) is 0. The molecule has 0 saturated carbocycles. The molecule has 0 bridgehead atoms. The van der Waals surface area contributed by atoms with Crippen molar-refractivity contribution in [1.29, 1.82) is 0 Å². The molecule has 2 aromatic rings. The molecule has 18 heavy (non-hydrogen) atoms. The monoisotopic (exact) mass is 284 g/mol. The highest BCUT2D eigenvalue weighted by molar-refractivity contribution is 7.89. The molecule has 0 fully saturated rings. The Morgan fingerprint density at radius 3 is 2.50 bits per heavy atom. The third-order valence-corrected chi connectivity index (χ3v) is 3.63. The maximum Gasteiger partial charge on any atom is 0.243 e. The topological polar surface area (TPSA) is 84.8 Å². The van der Waals surface area contributed by atoms with Gasteiger partial charge in [-0.15, -0.1) is 0 Å². The number of hydrogen-bond acceptors (Lipinski definition) is 5. The van der Waals surface area contributed by atoms with Gasteiger partial charge in [0.1, 0.15) is 4.90 Å². The van der Waals surface area contributed by atoms with Gasteiger partial charge in [0, 0.05) is 6.20 Å². The van der Waals surface area contributed by atoms with Crippen LogP contribution in [0.1, 0.15) is 5.69 Å². The summed E-state index contributed by atoms with van der Waals surface area (Å²) in [5.41, 5.74) is 0.621. The highest BCUT2D eigenvalue weighted by Crippen LogP contribution is 2.08. The Hall–Kier alpha value is -1.57. The van der Waals surface area contributed by atoms with E-state index in [4.69, 9.17) is 11.6 Å². The summed E-state index contributed by atoms with van der Waals surface area (Å²) in [6.07, 6.45) is 3.89. The molecule has 6 nitrogen and oxygen atoms in total. The standard InChI is InChI=1S/C10H9ClN4O2S/c11-10-13-6-9(7-14-10)18(16,17)15-5-8-3-1-2-4-12-8/h1-4,6-7,15H,5H2. The van der Waals surface area contributed by atoms with Crippen molar-refractivity contribution in [3.8, 4) is 0 Å². The lowest BCUT2D eigenvalue weighted by Gasteiger charge is -2.05. The zero-order chi connectivity index (χ0) is 13.0. The fraction of sp³-hybridized carbons (Fsp3) is 0.100. The van der Waals surface area contributed by atoms with Crippen LogP contribution in [0.5, 0.6) is 0 Å². The lowest BCUT2D eigenvalue weighted by atomic mass is 10.4. The first-order valence-corrected chi connectivity index (χ1v) is 6.81. The van der Waals surface area contributed by atoms with Gasteiger partial charge in [0.05, 0.1) is 24.6 Å². The number of halogens is 1. The number of nitrogens with zero attached hydrogens (tertiary/aromatic N) is 3. The van der Waals surface area contributed by atoms with E-state index < -0.39 is 10.0 Å². The summed E-state index contributed by atoms with van der Waals surface area (Å²) in [6, 6.07) is 5.26. The Balaban J connectivity index is 2.11. The SMILES string of the molecule is O=S(=O)(NCc1ccccn1)c1cnc(Cl)nc1. The van der Waals surface area contributed by atoms with Crippen molar-refractivity contribution in [2.24, 2.45) is 0 Å². The van der Waals surface area contributed by atoms with Gasteiger partial charge in [0.15, 0.2) is 0 Å². The molecule has 0 unspecified atom stereocenters. The zero-order valence-electron chi connectivity index (χ0n) is 9.12. The Bertz CT molecular complexity index is 616. The molecule has 2 aromatic heterocycles. The van der Waals surface area contributed by atoms with Gasteiger partial charge in [-0.2, -0.15) is 0 Å². The Morgan fingerprint density at radius 1 is 1.17 bits per heavy atom. The van der Waals surface area contributed by atoms with Crippen molar-refractivity contribution in [3.63, 3.8) is 0 Å². The van der Waals surface area contributed by atoms with E-state index in [9.17, 15) is 8.42 Å². The maximum atomic E-state index is 11.9. The summed E-state index contributed by atoms with van der Waals surface area (Å²) < 4.78 is 26.1. The number of sulfonamides is 1. The normalized spacial score (nSPS) is 11.4. The number of aromatic nitrogens is 3. The average Bonchev–Trinajstić information content (AvgIpc) is 2.38. The maximum absolute atomic E-state index is 11.9. The number of nitrogens with one attached hydrogen (secondary N) is 1. The highest BCUT2D eigenvalue weighted by atomic mass is 35.5. The first-order chi connectivity index (χ1) is 8.58. The minimum Gasteiger partial charge on any atom is -0.260 e. The van der Waals surface area contributed by atoms with Crippen LogP contribution in [0.4, 0.5) is 0 Å². The minimum absolute atomic E-state index is 0.00123. The van der Waals surface area contributed by atoms with E-state index in [1.54, 1.807) is 24.4 Å². The first-order valence-electron chi connectivity index (χ1n) is 4.95. The molecule has 2 heterocycles. The predicted molar refractivity (Wildman–Crippen MR) is 65.3 cm³/mol. The fourth-order valence-electron chi connectivity index (χ4n) is 1.19. The van der Waals surface area contributed by atoms with Crippen LogP contribution in [-0.2, 0) is 16.6 Å². The van der Waals surface area contributed by atoms with Gasteiger partial charge in [-0.05, 0) is 23.7 Å². The van der Waals surface area contributed by atoms with Crippen molar-refractivity contribution in [2.75, 3.05) is 0 Å². The molecular weight excluding hydrogens is 276 g/mol. The van der Waals surface area contributed by atoms with E-state index in [1.807, 2.05) is 0 Å². The molecule has 0 radical (unpaired) electrons. The largest absolute Gasteiger partial charge is 0.260 e. The second-order valence-corrected chi connectivity index (χ2v) is 5.44. The van der Waals surface area contributed by atoms with Gasteiger partial charge in [-0.25, -0.2) is 23.1 Å². The van der Waals surface area contributed by atoms with E-state index in [0.717, 1.165) is 12.4 Å². The molecule has 2 rings (SSSR count). The second-order valence-electron chi connectivity index (χ2n) is 3.33. The molecule has 0 aliphatic rings. The third-order valence-electron chi connectivity index (χ3n) is 2.08. The fourth-order valence-corrected chi connectivity index (χ4v) is 2.18. The van der Waals surface area contributed by atoms with Crippen LogP contribution in [0.15, 0.2) is 41.7 Å². The average molecular weight is 285 g/mol. The summed E-state index contributed by atoms with van der Waals surface area (Å²) in [5, 5.41) is -0.00123. The van der Waals surface area contributed by atoms with Gasteiger partial charge in [0.2, 0.25) is 15.3 Å². The molecular formula is C10H9ClN4O2S. The molecule has 8 heteroatoms. The van der Waals surface area contributed by atoms with Crippen molar-refractivity contribution in [2.45, 2.75) is 11.4 Å². The van der Waals surface area contributed by atoms with Gasteiger partial charge in [-0.3, -0.25) is 4.98 Å². The molecule has 0 aromatic carbocycles. The minimum atomic E-state index is -3.65. The van der Waals surface area contributed by atoms with Gasteiger partial charge >= 0.3 is 0 Å². The van der Waals surface area contributed by atoms with Crippen LogP contribution >= 0.6 is 11.6 Å². The molecule has 94 valence electrons. The van der Waals surface area contributed by atoms with Crippen LogP contribution in [0, 0.1) is 0 Å². The summed E-state index contributed by atoms with van der Waals surface area (Å²) in [4.78, 5) is 11.2. The summed E-state index contributed by atoms with van der Waals surface area (Å²) in [7, 11) is -3.65. The smallest absolute Gasteiger partial charge is 0.243 e. The molecule has 0 aliphatic carbocycles. The molecule has 0 atom stereocenters. The predicted octanol–water partition coefficient (Wildman–Crippen LogP) is 1.00. The molecule has 0 saturated heterocycles. The molecule has 0 aliphatic heterocycles. The van der Waals surface area contributed by atoms with Crippen LogP contribution in [0.2, 0.25) is 5.28 Å². The van der Waals surface area contributed by atoms with Crippen LogP contribution < -0.4 is 4.72 Å². The summed E-state index contributed by atoms with van der Waals surface area (Å²) >= 11 is 5.49. The first kappa shape index (κ1) is 12.9.